The Morgan fingerprint density at radius 1 is 1.35 bits per heavy atom. The Morgan fingerprint density at radius 3 is 2.77 bits per heavy atom. The Kier molecular flexibility index (Phi) is 5.76. The van der Waals surface area contributed by atoms with Crippen molar-refractivity contribution >= 4 is 5.96 Å². The van der Waals surface area contributed by atoms with Gasteiger partial charge in [-0.05, 0) is 32.4 Å². The maximum Gasteiger partial charge on any atom is 0.194 e. The molecule has 5 heteroatoms. The number of ether oxygens (including phenoxy) is 2. The molecule has 0 spiro atoms. The molecule has 3 atom stereocenters. The van der Waals surface area contributed by atoms with E-state index in [2.05, 4.69) is 57.1 Å². The average Bonchev–Trinajstić information content (AvgIpc) is 3.07. The third kappa shape index (κ3) is 3.83. The number of nitrogens with one attached hydrogen (secondary N) is 1. The van der Waals surface area contributed by atoms with Gasteiger partial charge in [0, 0.05) is 37.6 Å². The molecule has 0 bridgehead atoms. The molecule has 1 N–H and O–H groups in total. The summed E-state index contributed by atoms with van der Waals surface area (Å²) in [5.41, 5.74) is 1.39. The van der Waals surface area contributed by atoms with E-state index in [-0.39, 0.29) is 5.41 Å². The Hall–Kier alpha value is -1.75. The number of hydrogen-bond donors (Lipinski definition) is 1. The highest BCUT2D eigenvalue weighted by atomic mass is 16.5. The minimum Gasteiger partial charge on any atom is -0.492 e. The van der Waals surface area contributed by atoms with Crippen molar-refractivity contribution in [1.82, 2.24) is 10.2 Å². The quantitative estimate of drug-likeness (QED) is 0.626. The molecule has 2 aliphatic rings. The first-order chi connectivity index (χ1) is 12.4. The molecule has 3 rings (SSSR count). The maximum atomic E-state index is 5.91. The summed E-state index contributed by atoms with van der Waals surface area (Å²) < 4.78 is 11.8. The Labute approximate surface area is 157 Å². The van der Waals surface area contributed by atoms with Gasteiger partial charge in [-0.15, -0.1) is 0 Å². The zero-order valence-electron chi connectivity index (χ0n) is 16.8. The minimum absolute atomic E-state index is 0.148. The van der Waals surface area contributed by atoms with E-state index in [4.69, 9.17) is 14.5 Å². The number of aryl methyl sites for hydroxylation is 1. The molecule has 1 saturated heterocycles. The van der Waals surface area contributed by atoms with Crippen LogP contribution in [0.15, 0.2) is 29.3 Å². The lowest BCUT2D eigenvalue weighted by Crippen LogP contribution is -2.68. The third-order valence-corrected chi connectivity index (χ3v) is 5.77. The van der Waals surface area contributed by atoms with Gasteiger partial charge in [0.2, 0.25) is 0 Å². The van der Waals surface area contributed by atoms with Gasteiger partial charge in [-0.2, -0.15) is 0 Å². The number of rotatable bonds is 6. The van der Waals surface area contributed by atoms with Crippen molar-refractivity contribution < 1.29 is 9.47 Å². The summed E-state index contributed by atoms with van der Waals surface area (Å²) in [7, 11) is 2.08. The van der Waals surface area contributed by atoms with Gasteiger partial charge in [0.1, 0.15) is 12.4 Å². The molecule has 1 saturated carbocycles. The summed E-state index contributed by atoms with van der Waals surface area (Å²) in [6.07, 6.45) is 1.53. The van der Waals surface area contributed by atoms with Crippen LogP contribution in [0, 0.1) is 18.3 Å². The fourth-order valence-corrected chi connectivity index (χ4v) is 4.22. The summed E-state index contributed by atoms with van der Waals surface area (Å²) >= 11 is 0. The van der Waals surface area contributed by atoms with E-state index < -0.39 is 0 Å². The van der Waals surface area contributed by atoms with E-state index in [1.807, 2.05) is 12.1 Å². The van der Waals surface area contributed by atoms with Crippen LogP contribution in [-0.4, -0.2) is 56.4 Å². The molecule has 1 aromatic rings. The Morgan fingerprint density at radius 2 is 2.08 bits per heavy atom. The van der Waals surface area contributed by atoms with E-state index in [1.54, 1.807) is 0 Å². The molecule has 2 fully saturated rings. The summed E-state index contributed by atoms with van der Waals surface area (Å²) in [5, 5.41) is 3.71. The lowest BCUT2D eigenvalue weighted by atomic mass is 9.57. The normalized spacial score (nSPS) is 26.8. The van der Waals surface area contributed by atoms with Crippen LogP contribution < -0.4 is 10.1 Å². The lowest BCUT2D eigenvalue weighted by molar-refractivity contribution is -0.107. The van der Waals surface area contributed by atoms with Crippen LogP contribution in [0.2, 0.25) is 0 Å². The minimum atomic E-state index is 0.148. The fourth-order valence-electron chi connectivity index (χ4n) is 4.22. The van der Waals surface area contributed by atoms with Crippen LogP contribution in [0.3, 0.4) is 0 Å². The lowest BCUT2D eigenvalue weighted by Gasteiger charge is -2.55. The standard InChI is InChI=1S/C21H33N3O2/c1-6-22-20(23-18-17-11-13-26-19(17)21(18,3)4)24(5)12-14-25-16-9-7-15(2)8-10-16/h7-10,17-19H,6,11-14H2,1-5H3,(H,22,23). The topological polar surface area (TPSA) is 46.1 Å². The van der Waals surface area contributed by atoms with E-state index in [1.165, 1.54) is 5.56 Å². The van der Waals surface area contributed by atoms with Crippen molar-refractivity contribution in [1.29, 1.82) is 0 Å². The number of nitrogens with zero attached hydrogens (tertiary/aromatic N) is 2. The molecule has 1 heterocycles. The number of hydrogen-bond acceptors (Lipinski definition) is 3. The summed E-state index contributed by atoms with van der Waals surface area (Å²) in [5.74, 6) is 2.48. The van der Waals surface area contributed by atoms with Crippen LogP contribution in [-0.2, 0) is 4.74 Å². The van der Waals surface area contributed by atoms with Crippen LogP contribution in [0.4, 0.5) is 0 Å². The second kappa shape index (κ2) is 7.87. The third-order valence-electron chi connectivity index (χ3n) is 5.77. The number of guanidine groups is 1. The molecule has 26 heavy (non-hydrogen) atoms. The number of benzene rings is 1. The molecular formula is C21H33N3O2. The highest BCUT2D eigenvalue weighted by Crippen LogP contribution is 2.52. The summed E-state index contributed by atoms with van der Waals surface area (Å²) in [6.45, 7) is 11.8. The highest BCUT2D eigenvalue weighted by molar-refractivity contribution is 5.80. The second-order valence-corrected chi connectivity index (χ2v) is 8.07. The van der Waals surface area contributed by atoms with Crippen molar-refractivity contribution in [2.75, 3.05) is 33.4 Å². The van der Waals surface area contributed by atoms with Crippen LogP contribution in [0.25, 0.3) is 0 Å². The molecule has 1 aromatic carbocycles. The van der Waals surface area contributed by atoms with E-state index in [9.17, 15) is 0 Å². The first kappa shape index (κ1) is 19.0. The fraction of sp³-hybridized carbons (Fsp3) is 0.667. The predicted octanol–water partition coefficient (Wildman–Crippen LogP) is 3.08. The molecule has 1 aliphatic heterocycles. The first-order valence-electron chi connectivity index (χ1n) is 9.76. The first-order valence-corrected chi connectivity index (χ1v) is 9.76. The molecule has 3 unspecified atom stereocenters. The van der Waals surface area contributed by atoms with E-state index in [0.29, 0.717) is 24.7 Å². The van der Waals surface area contributed by atoms with Crippen molar-refractivity contribution in [2.45, 2.75) is 46.3 Å². The smallest absolute Gasteiger partial charge is 0.194 e. The largest absolute Gasteiger partial charge is 0.492 e. The van der Waals surface area contributed by atoms with Gasteiger partial charge in [0.05, 0.1) is 12.6 Å². The zero-order chi connectivity index (χ0) is 18.7. The van der Waals surface area contributed by atoms with Gasteiger partial charge in [-0.3, -0.25) is 4.99 Å². The molecule has 0 radical (unpaired) electrons. The maximum absolute atomic E-state index is 5.91. The monoisotopic (exact) mass is 359 g/mol. The van der Waals surface area contributed by atoms with Crippen LogP contribution in [0.1, 0.15) is 32.8 Å². The summed E-state index contributed by atoms with van der Waals surface area (Å²) in [6, 6.07) is 8.60. The van der Waals surface area contributed by atoms with E-state index in [0.717, 1.165) is 37.8 Å². The second-order valence-electron chi connectivity index (χ2n) is 8.07. The van der Waals surface area contributed by atoms with Gasteiger partial charge in [0.15, 0.2) is 5.96 Å². The van der Waals surface area contributed by atoms with Gasteiger partial charge in [-0.25, -0.2) is 0 Å². The number of likely N-dealkylation sites (N-methyl/N-ethyl adjacent to an activating group) is 1. The van der Waals surface area contributed by atoms with Gasteiger partial charge in [0.25, 0.3) is 0 Å². The van der Waals surface area contributed by atoms with Crippen LogP contribution in [0.5, 0.6) is 5.75 Å². The van der Waals surface area contributed by atoms with Crippen molar-refractivity contribution in [3.05, 3.63) is 29.8 Å². The molecule has 0 aromatic heterocycles. The van der Waals surface area contributed by atoms with E-state index >= 15 is 0 Å². The Bertz CT molecular complexity index is 627. The number of fused-ring (bicyclic) bond motifs is 1. The SMILES string of the molecule is CCN=C(NC1C2CCOC2C1(C)C)N(C)CCOc1ccc(C)cc1. The van der Waals surface area contributed by atoms with Crippen molar-refractivity contribution in [3.63, 3.8) is 0 Å². The predicted molar refractivity (Wildman–Crippen MR) is 106 cm³/mol. The highest BCUT2D eigenvalue weighted by Gasteiger charge is 2.59. The zero-order valence-corrected chi connectivity index (χ0v) is 16.8. The van der Waals surface area contributed by atoms with Gasteiger partial charge < -0.3 is 19.7 Å². The Balaban J connectivity index is 1.54. The van der Waals surface area contributed by atoms with Gasteiger partial charge in [-0.1, -0.05) is 31.5 Å². The molecule has 0 amide bonds. The molecule has 144 valence electrons. The summed E-state index contributed by atoms with van der Waals surface area (Å²) in [4.78, 5) is 6.86. The number of aliphatic imine (C=N–C) groups is 1. The molecule has 1 aliphatic carbocycles. The molecule has 5 nitrogen and oxygen atoms in total. The van der Waals surface area contributed by atoms with Crippen LogP contribution >= 0.6 is 0 Å². The molecular weight excluding hydrogens is 326 g/mol. The van der Waals surface area contributed by atoms with Gasteiger partial charge >= 0.3 is 0 Å². The average molecular weight is 360 g/mol. The van der Waals surface area contributed by atoms with Crippen molar-refractivity contribution in [3.8, 4) is 5.75 Å². The van der Waals surface area contributed by atoms with Crippen molar-refractivity contribution in [2.24, 2.45) is 16.3 Å².